The van der Waals surface area contributed by atoms with E-state index < -0.39 is 17.8 Å². The number of carboxylic acids is 1. The molecule has 2 N–H and O–H groups in total. The summed E-state index contributed by atoms with van der Waals surface area (Å²) >= 11 is 0. The minimum absolute atomic E-state index is 0.119. The lowest BCUT2D eigenvalue weighted by molar-refractivity contribution is -0.134. The van der Waals surface area contributed by atoms with Gasteiger partial charge in [-0.25, -0.2) is 14.3 Å². The van der Waals surface area contributed by atoms with E-state index in [-0.39, 0.29) is 18.0 Å². The van der Waals surface area contributed by atoms with Crippen LogP contribution in [-0.4, -0.2) is 37.5 Å². The molecule has 1 aliphatic heterocycles. The molecule has 0 spiro atoms. The molecule has 3 heterocycles. The fourth-order valence-electron chi connectivity index (χ4n) is 2.24. The highest BCUT2D eigenvalue weighted by Gasteiger charge is 2.30. The van der Waals surface area contributed by atoms with Gasteiger partial charge in [0.25, 0.3) is 0 Å². The highest BCUT2D eigenvalue weighted by molar-refractivity contribution is 6.01. The molecule has 8 nitrogen and oxygen atoms in total. The number of nitrogens with zero attached hydrogens (tertiary/aromatic N) is 3. The second kappa shape index (κ2) is 4.41. The number of amides is 2. The van der Waals surface area contributed by atoms with Crippen molar-refractivity contribution in [3.63, 3.8) is 0 Å². The van der Waals surface area contributed by atoms with E-state index in [0.29, 0.717) is 17.6 Å². The molecule has 102 valence electrons. The van der Waals surface area contributed by atoms with Crippen molar-refractivity contribution >= 4 is 23.4 Å². The Labute approximate surface area is 112 Å². The van der Waals surface area contributed by atoms with Crippen LogP contribution < -0.4 is 5.32 Å². The molecule has 2 aromatic rings. The van der Waals surface area contributed by atoms with Crippen LogP contribution in [0.5, 0.6) is 0 Å². The molecule has 0 radical (unpaired) electrons. The van der Waals surface area contributed by atoms with Crippen molar-refractivity contribution in [2.45, 2.75) is 18.8 Å². The van der Waals surface area contributed by atoms with Gasteiger partial charge in [-0.1, -0.05) is 0 Å². The number of aromatic carboxylic acids is 1. The number of imide groups is 1. The monoisotopic (exact) mass is 274 g/mol. The highest BCUT2D eigenvalue weighted by Crippen LogP contribution is 2.27. The number of fused-ring (bicyclic) bond motifs is 1. The Kier molecular flexibility index (Phi) is 2.70. The third-order valence-electron chi connectivity index (χ3n) is 3.23. The first-order chi connectivity index (χ1) is 9.56. The molecule has 1 fully saturated rings. The predicted molar refractivity (Wildman–Crippen MR) is 65.1 cm³/mol. The van der Waals surface area contributed by atoms with Gasteiger partial charge in [0.05, 0.1) is 12.1 Å². The van der Waals surface area contributed by atoms with Gasteiger partial charge >= 0.3 is 5.97 Å². The van der Waals surface area contributed by atoms with Crippen LogP contribution in [0, 0.1) is 0 Å². The number of piperidine rings is 1. The summed E-state index contributed by atoms with van der Waals surface area (Å²) in [5, 5.41) is 15.3. The largest absolute Gasteiger partial charge is 0.477 e. The van der Waals surface area contributed by atoms with Gasteiger partial charge in [-0.05, 0) is 12.5 Å². The molecular formula is C12H10N4O4. The number of carbonyl (C=O) groups excluding carboxylic acids is 2. The van der Waals surface area contributed by atoms with E-state index in [9.17, 15) is 14.4 Å². The topological polar surface area (TPSA) is 114 Å². The molecule has 0 saturated carbocycles. The summed E-state index contributed by atoms with van der Waals surface area (Å²) in [6, 6.07) is 1.33. The lowest BCUT2D eigenvalue weighted by Crippen LogP contribution is -2.39. The zero-order chi connectivity index (χ0) is 14.3. The lowest BCUT2D eigenvalue weighted by Gasteiger charge is -2.19. The maximum absolute atomic E-state index is 11.9. The normalized spacial score (nSPS) is 19.1. The maximum Gasteiger partial charge on any atom is 0.354 e. The number of carboxylic acid groups (broad SMARTS) is 1. The van der Waals surface area contributed by atoms with E-state index in [1.165, 1.54) is 23.0 Å². The van der Waals surface area contributed by atoms with Gasteiger partial charge in [-0.3, -0.25) is 14.9 Å². The maximum atomic E-state index is 11.9. The fraction of sp³-hybridized carbons (Fsp3) is 0.250. The molecule has 20 heavy (non-hydrogen) atoms. The molecule has 1 unspecified atom stereocenters. The standard InChI is InChI=1S/C12H10N4O4/c17-9-2-1-6(11(18)15-9)7-5-13-16-4-3-8(12(19)20)14-10(7)16/h3-6H,1-2H2,(H,19,20)(H,15,17,18). The summed E-state index contributed by atoms with van der Waals surface area (Å²) in [5.41, 5.74) is 0.726. The van der Waals surface area contributed by atoms with Crippen molar-refractivity contribution in [3.05, 3.63) is 29.7 Å². The zero-order valence-corrected chi connectivity index (χ0v) is 10.2. The van der Waals surface area contributed by atoms with E-state index in [2.05, 4.69) is 15.4 Å². The highest BCUT2D eigenvalue weighted by atomic mass is 16.4. The van der Waals surface area contributed by atoms with Crippen molar-refractivity contribution in [1.29, 1.82) is 0 Å². The second-order valence-corrected chi connectivity index (χ2v) is 4.49. The van der Waals surface area contributed by atoms with E-state index in [1.54, 1.807) is 0 Å². The van der Waals surface area contributed by atoms with E-state index in [4.69, 9.17) is 5.11 Å². The van der Waals surface area contributed by atoms with Crippen LogP contribution in [-0.2, 0) is 9.59 Å². The van der Waals surface area contributed by atoms with Crippen molar-refractivity contribution in [1.82, 2.24) is 19.9 Å². The van der Waals surface area contributed by atoms with Crippen LogP contribution in [0.3, 0.4) is 0 Å². The number of hydrogen-bond donors (Lipinski definition) is 2. The number of rotatable bonds is 2. The van der Waals surface area contributed by atoms with Crippen LogP contribution in [0.4, 0.5) is 0 Å². The number of aromatic nitrogens is 3. The third kappa shape index (κ3) is 1.91. The minimum Gasteiger partial charge on any atom is -0.477 e. The third-order valence-corrected chi connectivity index (χ3v) is 3.23. The van der Waals surface area contributed by atoms with Crippen LogP contribution in [0.1, 0.15) is 34.8 Å². The average Bonchev–Trinajstić information content (AvgIpc) is 2.81. The Hall–Kier alpha value is -2.77. The number of carbonyl (C=O) groups is 3. The molecule has 3 rings (SSSR count). The summed E-state index contributed by atoms with van der Waals surface area (Å²) in [6.45, 7) is 0. The van der Waals surface area contributed by atoms with Crippen molar-refractivity contribution in [3.8, 4) is 0 Å². The molecule has 1 aliphatic rings. The molecule has 2 aromatic heterocycles. The molecular weight excluding hydrogens is 264 g/mol. The molecule has 0 bridgehead atoms. The quantitative estimate of drug-likeness (QED) is 0.742. The number of nitrogens with one attached hydrogen (secondary N) is 1. The first-order valence-electron chi connectivity index (χ1n) is 5.97. The molecule has 2 amide bonds. The van der Waals surface area contributed by atoms with Gasteiger partial charge in [0, 0.05) is 18.2 Å². The van der Waals surface area contributed by atoms with Crippen molar-refractivity contribution in [2.24, 2.45) is 0 Å². The summed E-state index contributed by atoms with van der Waals surface area (Å²) in [6.07, 6.45) is 3.56. The fourth-order valence-corrected chi connectivity index (χ4v) is 2.24. The van der Waals surface area contributed by atoms with Crippen LogP contribution in [0.15, 0.2) is 18.5 Å². The Morgan fingerprint density at radius 1 is 1.45 bits per heavy atom. The Balaban J connectivity index is 2.07. The Morgan fingerprint density at radius 3 is 2.95 bits per heavy atom. The minimum atomic E-state index is -1.15. The summed E-state index contributed by atoms with van der Waals surface area (Å²) in [5.74, 6) is -2.40. The Bertz CT molecular complexity index is 736. The predicted octanol–water partition coefficient (Wildman–Crippen LogP) is -0.0523. The molecule has 1 atom stereocenters. The van der Waals surface area contributed by atoms with E-state index >= 15 is 0 Å². The van der Waals surface area contributed by atoms with E-state index in [1.807, 2.05) is 0 Å². The summed E-state index contributed by atoms with van der Waals surface area (Å²) in [7, 11) is 0. The Morgan fingerprint density at radius 2 is 2.25 bits per heavy atom. The molecule has 1 saturated heterocycles. The SMILES string of the molecule is O=C1CCC(c2cnn3ccc(C(=O)O)nc23)C(=O)N1. The van der Waals surface area contributed by atoms with Crippen LogP contribution >= 0.6 is 0 Å². The van der Waals surface area contributed by atoms with E-state index in [0.717, 1.165) is 0 Å². The van der Waals surface area contributed by atoms with Gasteiger partial charge in [0.1, 0.15) is 0 Å². The zero-order valence-electron chi connectivity index (χ0n) is 10.2. The number of hydrogen-bond acceptors (Lipinski definition) is 5. The van der Waals surface area contributed by atoms with Gasteiger partial charge in [-0.2, -0.15) is 5.10 Å². The van der Waals surface area contributed by atoms with Gasteiger partial charge in [-0.15, -0.1) is 0 Å². The van der Waals surface area contributed by atoms with Gasteiger partial charge < -0.3 is 5.11 Å². The molecule has 0 aromatic carbocycles. The first kappa shape index (κ1) is 12.3. The molecule has 8 heteroatoms. The van der Waals surface area contributed by atoms with Crippen LogP contribution in [0.25, 0.3) is 5.65 Å². The smallest absolute Gasteiger partial charge is 0.354 e. The van der Waals surface area contributed by atoms with Gasteiger partial charge in [0.15, 0.2) is 11.3 Å². The van der Waals surface area contributed by atoms with Gasteiger partial charge in [0.2, 0.25) is 11.8 Å². The second-order valence-electron chi connectivity index (χ2n) is 4.49. The average molecular weight is 274 g/mol. The van der Waals surface area contributed by atoms with Crippen molar-refractivity contribution in [2.75, 3.05) is 0 Å². The lowest BCUT2D eigenvalue weighted by atomic mass is 9.92. The first-order valence-corrected chi connectivity index (χ1v) is 5.97. The van der Waals surface area contributed by atoms with Crippen molar-refractivity contribution < 1.29 is 19.5 Å². The molecule has 0 aliphatic carbocycles. The summed E-state index contributed by atoms with van der Waals surface area (Å²) in [4.78, 5) is 37.9. The van der Waals surface area contributed by atoms with Crippen LogP contribution in [0.2, 0.25) is 0 Å². The summed E-state index contributed by atoms with van der Waals surface area (Å²) < 4.78 is 1.41.